The van der Waals surface area contributed by atoms with Gasteiger partial charge < -0.3 is 10.1 Å². The summed E-state index contributed by atoms with van der Waals surface area (Å²) in [6.45, 7) is 6.08. The maximum Gasteiger partial charge on any atom is 0.348 e. The third kappa shape index (κ3) is 2.90. The van der Waals surface area contributed by atoms with E-state index >= 15 is 0 Å². The quantitative estimate of drug-likeness (QED) is 0.727. The van der Waals surface area contributed by atoms with E-state index in [1.807, 2.05) is 38.1 Å². The van der Waals surface area contributed by atoms with E-state index in [9.17, 15) is 4.79 Å². The van der Waals surface area contributed by atoms with Crippen LogP contribution in [0.25, 0.3) is 10.2 Å². The molecule has 0 saturated carbocycles. The monoisotopic (exact) mass is 327 g/mol. The molecule has 5 nitrogen and oxygen atoms in total. The minimum absolute atomic E-state index is 0.310. The zero-order chi connectivity index (χ0) is 16.4. The second-order valence-electron chi connectivity index (χ2n) is 5.12. The summed E-state index contributed by atoms with van der Waals surface area (Å²) in [6, 6.07) is 7.99. The van der Waals surface area contributed by atoms with Gasteiger partial charge >= 0.3 is 5.97 Å². The van der Waals surface area contributed by atoms with Crippen LogP contribution in [0.1, 0.15) is 27.7 Å². The van der Waals surface area contributed by atoms with Gasteiger partial charge in [0.05, 0.1) is 12.0 Å². The third-order valence-electron chi connectivity index (χ3n) is 3.59. The number of rotatable bonds is 4. The summed E-state index contributed by atoms with van der Waals surface area (Å²) in [4.78, 5) is 22.1. The first-order chi connectivity index (χ1) is 11.1. The highest BCUT2D eigenvalue weighted by atomic mass is 32.1. The van der Waals surface area contributed by atoms with Crippen molar-refractivity contribution in [2.24, 2.45) is 0 Å². The van der Waals surface area contributed by atoms with Crippen molar-refractivity contribution in [1.82, 2.24) is 9.97 Å². The normalized spacial score (nSPS) is 10.7. The van der Waals surface area contributed by atoms with Crippen LogP contribution in [-0.4, -0.2) is 22.5 Å². The lowest BCUT2D eigenvalue weighted by atomic mass is 10.1. The summed E-state index contributed by atoms with van der Waals surface area (Å²) in [7, 11) is 0. The summed E-state index contributed by atoms with van der Waals surface area (Å²) < 4.78 is 5.12. The van der Waals surface area contributed by atoms with Crippen LogP contribution in [0.4, 0.5) is 11.5 Å². The fourth-order valence-corrected chi connectivity index (χ4v) is 3.44. The lowest BCUT2D eigenvalue weighted by Crippen LogP contribution is -2.03. The molecule has 0 aliphatic carbocycles. The van der Waals surface area contributed by atoms with Gasteiger partial charge in [-0.15, -0.1) is 11.3 Å². The molecule has 0 atom stereocenters. The Morgan fingerprint density at radius 2 is 2.04 bits per heavy atom. The van der Waals surface area contributed by atoms with Crippen molar-refractivity contribution < 1.29 is 9.53 Å². The Balaban J connectivity index is 2.08. The average Bonchev–Trinajstić information content (AvgIpc) is 2.88. The first-order valence-corrected chi connectivity index (χ1v) is 8.17. The van der Waals surface area contributed by atoms with Crippen molar-refractivity contribution in [3.05, 3.63) is 46.6 Å². The van der Waals surface area contributed by atoms with Gasteiger partial charge in [-0.1, -0.05) is 18.2 Å². The number of para-hydroxylation sites is 1. The largest absolute Gasteiger partial charge is 0.462 e. The van der Waals surface area contributed by atoms with Crippen LogP contribution in [0.15, 0.2) is 30.6 Å². The molecule has 0 fully saturated rings. The number of fused-ring (bicyclic) bond motifs is 1. The molecule has 1 aromatic carbocycles. The molecule has 0 aliphatic rings. The number of nitrogens with zero attached hydrogens (tertiary/aromatic N) is 2. The van der Waals surface area contributed by atoms with Crippen molar-refractivity contribution in [2.75, 3.05) is 11.9 Å². The number of carbonyl (C=O) groups is 1. The van der Waals surface area contributed by atoms with Crippen LogP contribution in [0, 0.1) is 13.8 Å². The van der Waals surface area contributed by atoms with Gasteiger partial charge in [-0.2, -0.15) is 0 Å². The van der Waals surface area contributed by atoms with E-state index < -0.39 is 0 Å². The summed E-state index contributed by atoms with van der Waals surface area (Å²) >= 11 is 1.34. The molecule has 0 radical (unpaired) electrons. The van der Waals surface area contributed by atoms with E-state index in [0.29, 0.717) is 17.3 Å². The zero-order valence-corrected chi connectivity index (χ0v) is 14.0. The highest BCUT2D eigenvalue weighted by molar-refractivity contribution is 7.20. The summed E-state index contributed by atoms with van der Waals surface area (Å²) in [5, 5.41) is 4.21. The summed E-state index contributed by atoms with van der Waals surface area (Å²) in [5.41, 5.74) is 2.95. The van der Waals surface area contributed by atoms with E-state index in [0.717, 1.165) is 27.0 Å². The Morgan fingerprint density at radius 1 is 1.26 bits per heavy atom. The molecule has 0 spiro atoms. The van der Waals surface area contributed by atoms with Gasteiger partial charge in [0.1, 0.15) is 21.9 Å². The van der Waals surface area contributed by atoms with Gasteiger partial charge in [-0.25, -0.2) is 14.8 Å². The zero-order valence-electron chi connectivity index (χ0n) is 13.2. The number of hydrogen-bond donors (Lipinski definition) is 1. The molecule has 3 aromatic rings. The highest BCUT2D eigenvalue weighted by Gasteiger charge is 2.20. The van der Waals surface area contributed by atoms with Gasteiger partial charge in [-0.3, -0.25) is 0 Å². The van der Waals surface area contributed by atoms with Crippen molar-refractivity contribution in [2.45, 2.75) is 20.8 Å². The number of hydrogen-bond acceptors (Lipinski definition) is 6. The first-order valence-electron chi connectivity index (χ1n) is 7.35. The molecule has 0 unspecified atom stereocenters. The maximum absolute atomic E-state index is 12.1. The van der Waals surface area contributed by atoms with E-state index in [1.165, 1.54) is 17.7 Å². The van der Waals surface area contributed by atoms with E-state index in [4.69, 9.17) is 4.74 Å². The van der Waals surface area contributed by atoms with E-state index in [2.05, 4.69) is 15.3 Å². The maximum atomic E-state index is 12.1. The van der Waals surface area contributed by atoms with Crippen molar-refractivity contribution in [1.29, 1.82) is 0 Å². The van der Waals surface area contributed by atoms with Crippen LogP contribution in [0.2, 0.25) is 0 Å². The second kappa shape index (κ2) is 6.34. The number of anilines is 2. The lowest BCUT2D eigenvalue weighted by Gasteiger charge is -2.09. The molecule has 23 heavy (non-hydrogen) atoms. The molecular weight excluding hydrogens is 310 g/mol. The Morgan fingerprint density at radius 3 is 2.78 bits per heavy atom. The number of ether oxygens (including phenoxy) is 1. The standard InChI is InChI=1S/C17H17N3O2S/c1-4-22-17(21)14-11(3)13-15(18-9-19-16(13)23-14)20-12-8-6-5-7-10(12)2/h5-9H,4H2,1-3H3,(H,18,19,20). The van der Waals surface area contributed by atoms with Gasteiger partial charge in [0.15, 0.2) is 0 Å². The van der Waals surface area contributed by atoms with Crippen LogP contribution in [-0.2, 0) is 4.74 Å². The number of nitrogens with one attached hydrogen (secondary N) is 1. The molecule has 0 bridgehead atoms. The number of benzene rings is 1. The highest BCUT2D eigenvalue weighted by Crippen LogP contribution is 2.35. The topological polar surface area (TPSA) is 64.1 Å². The molecule has 6 heteroatoms. The fourth-order valence-electron chi connectivity index (χ4n) is 2.40. The van der Waals surface area contributed by atoms with Gasteiger partial charge in [0.25, 0.3) is 0 Å². The fraction of sp³-hybridized carbons (Fsp3) is 0.235. The van der Waals surface area contributed by atoms with Gasteiger partial charge in [0.2, 0.25) is 0 Å². The molecular formula is C17H17N3O2S. The SMILES string of the molecule is CCOC(=O)c1sc2ncnc(Nc3ccccc3C)c2c1C. The van der Waals surface area contributed by atoms with E-state index in [1.54, 1.807) is 6.92 Å². The average molecular weight is 327 g/mol. The third-order valence-corrected chi connectivity index (χ3v) is 4.77. The molecule has 2 aromatic heterocycles. The second-order valence-corrected chi connectivity index (χ2v) is 6.12. The molecule has 3 rings (SSSR count). The Labute approximate surface area is 138 Å². The molecule has 0 aliphatic heterocycles. The van der Waals surface area contributed by atoms with Crippen molar-refractivity contribution in [3.8, 4) is 0 Å². The molecule has 1 N–H and O–H groups in total. The number of thiophene rings is 1. The smallest absolute Gasteiger partial charge is 0.348 e. The minimum Gasteiger partial charge on any atom is -0.462 e. The number of esters is 1. The van der Waals surface area contributed by atoms with Gasteiger partial charge in [-0.05, 0) is 38.0 Å². The summed E-state index contributed by atoms with van der Waals surface area (Å²) in [6.07, 6.45) is 1.51. The van der Waals surface area contributed by atoms with Crippen LogP contribution < -0.4 is 5.32 Å². The Bertz CT molecular complexity index is 873. The number of carbonyl (C=O) groups excluding carboxylic acids is 1. The predicted molar refractivity (Wildman–Crippen MR) is 92.6 cm³/mol. The Kier molecular flexibility index (Phi) is 4.25. The molecule has 2 heterocycles. The van der Waals surface area contributed by atoms with Crippen LogP contribution >= 0.6 is 11.3 Å². The minimum atomic E-state index is -0.310. The number of aromatic nitrogens is 2. The number of aryl methyl sites for hydroxylation is 2. The molecule has 0 saturated heterocycles. The van der Waals surface area contributed by atoms with Crippen LogP contribution in [0.3, 0.4) is 0 Å². The first kappa shape index (κ1) is 15.4. The van der Waals surface area contributed by atoms with Crippen LogP contribution in [0.5, 0.6) is 0 Å². The lowest BCUT2D eigenvalue weighted by molar-refractivity contribution is 0.0531. The van der Waals surface area contributed by atoms with Crippen molar-refractivity contribution >= 4 is 39.0 Å². The van der Waals surface area contributed by atoms with Gasteiger partial charge in [0, 0.05) is 5.69 Å². The molecule has 0 amide bonds. The van der Waals surface area contributed by atoms with Crippen molar-refractivity contribution in [3.63, 3.8) is 0 Å². The van der Waals surface area contributed by atoms with E-state index in [-0.39, 0.29) is 5.97 Å². The Hall–Kier alpha value is -2.47. The summed E-state index contributed by atoms with van der Waals surface area (Å²) in [5.74, 6) is 0.392. The molecule has 118 valence electrons. The predicted octanol–water partition coefficient (Wildman–Crippen LogP) is 4.23.